The number of anilines is 1. The number of nitrogens with one attached hydrogen (secondary N) is 2. The van der Waals surface area contributed by atoms with E-state index in [1.807, 2.05) is 26.1 Å². The maximum Gasteiger partial charge on any atom is 0.255 e. The first-order chi connectivity index (χ1) is 11.5. The number of benzene rings is 1. The first-order valence-electron chi connectivity index (χ1n) is 7.75. The number of rotatable bonds is 6. The van der Waals surface area contributed by atoms with Crippen molar-refractivity contribution in [1.29, 1.82) is 0 Å². The number of para-hydroxylation sites is 1. The monoisotopic (exact) mass is 398 g/mol. The number of amides is 2. The largest absolute Gasteiger partial charge is 0.340 e. The first-order valence-corrected chi connectivity index (χ1v) is 7.75. The number of aryl methyl sites for hydroxylation is 1. The number of carbonyl (C=O) groups is 2. The second-order valence-corrected chi connectivity index (χ2v) is 5.52. The highest BCUT2D eigenvalue weighted by atomic mass is 35.5. The molecule has 0 aliphatic carbocycles. The van der Waals surface area contributed by atoms with Crippen molar-refractivity contribution in [3.05, 3.63) is 59.4 Å². The summed E-state index contributed by atoms with van der Waals surface area (Å²) < 4.78 is 0. The van der Waals surface area contributed by atoms with E-state index in [4.69, 9.17) is 0 Å². The Kier molecular flexibility index (Phi) is 10.5. The van der Waals surface area contributed by atoms with E-state index in [9.17, 15) is 9.59 Å². The normalized spacial score (nSPS) is 9.50. The van der Waals surface area contributed by atoms with Gasteiger partial charge in [0.1, 0.15) is 0 Å². The lowest BCUT2D eigenvalue weighted by molar-refractivity contribution is 0.0798. The molecule has 1 heterocycles. The minimum atomic E-state index is -0.265. The second kappa shape index (κ2) is 11.5. The Balaban J connectivity index is 0.00000312. The summed E-state index contributed by atoms with van der Waals surface area (Å²) in [5.41, 5.74) is 2.36. The van der Waals surface area contributed by atoms with Crippen molar-refractivity contribution >= 4 is 42.3 Å². The highest BCUT2D eigenvalue weighted by Gasteiger charge is 2.19. The molecule has 1 aromatic carbocycles. The third kappa shape index (κ3) is 5.98. The molecule has 0 aliphatic heterocycles. The molecule has 0 saturated carbocycles. The molecule has 2 rings (SSSR count). The summed E-state index contributed by atoms with van der Waals surface area (Å²) in [5, 5.41) is 5.87. The Labute approximate surface area is 166 Å². The van der Waals surface area contributed by atoms with E-state index in [2.05, 4.69) is 15.6 Å². The summed E-state index contributed by atoms with van der Waals surface area (Å²) >= 11 is 0. The number of likely N-dealkylation sites (N-methyl/N-ethyl adjacent to an activating group) is 2. The van der Waals surface area contributed by atoms with Crippen molar-refractivity contribution in [3.63, 3.8) is 0 Å². The van der Waals surface area contributed by atoms with Gasteiger partial charge in [-0.25, -0.2) is 0 Å². The average Bonchev–Trinajstić information content (AvgIpc) is 2.61. The molecule has 1 aromatic heterocycles. The van der Waals surface area contributed by atoms with Gasteiger partial charge in [0.05, 0.1) is 11.3 Å². The van der Waals surface area contributed by atoms with Gasteiger partial charge in [-0.2, -0.15) is 0 Å². The van der Waals surface area contributed by atoms with Gasteiger partial charge in [0.15, 0.2) is 0 Å². The van der Waals surface area contributed by atoms with Crippen molar-refractivity contribution in [3.8, 4) is 0 Å². The molecule has 0 fully saturated rings. The fraction of sp³-hybridized carbons (Fsp3) is 0.278. The molecular formula is C18H24Cl2N4O2. The standard InChI is InChI=1S/C18H22N4O2.2ClH/c1-13-5-4-6-15(18(24)22(3)12-11-19-2)16(13)21-17(23)14-7-9-20-10-8-14;;/h4-10,19H,11-12H2,1-3H3,(H,21,23);2*1H. The van der Waals surface area contributed by atoms with Gasteiger partial charge >= 0.3 is 0 Å². The minimum absolute atomic E-state index is 0. The SMILES string of the molecule is CNCCN(C)C(=O)c1cccc(C)c1NC(=O)c1ccncc1.Cl.Cl. The summed E-state index contributed by atoms with van der Waals surface area (Å²) in [7, 11) is 3.59. The summed E-state index contributed by atoms with van der Waals surface area (Å²) in [6, 6.07) is 8.68. The predicted octanol–water partition coefficient (Wildman–Crippen LogP) is 2.78. The zero-order valence-electron chi connectivity index (χ0n) is 15.0. The van der Waals surface area contributed by atoms with E-state index in [1.54, 1.807) is 42.5 Å². The first kappa shape index (κ1) is 23.9. The average molecular weight is 399 g/mol. The predicted molar refractivity (Wildman–Crippen MR) is 109 cm³/mol. The van der Waals surface area contributed by atoms with Crippen LogP contribution >= 0.6 is 24.8 Å². The molecule has 8 heteroatoms. The zero-order chi connectivity index (χ0) is 17.5. The van der Waals surface area contributed by atoms with Gasteiger partial charge in [0.25, 0.3) is 11.8 Å². The highest BCUT2D eigenvalue weighted by Crippen LogP contribution is 2.22. The van der Waals surface area contributed by atoms with Crippen molar-refractivity contribution in [2.45, 2.75) is 6.92 Å². The number of halogens is 2. The molecule has 0 atom stereocenters. The van der Waals surface area contributed by atoms with E-state index in [-0.39, 0.29) is 36.6 Å². The molecule has 2 aromatic rings. The van der Waals surface area contributed by atoms with Gasteiger partial charge in [0.2, 0.25) is 0 Å². The quantitative estimate of drug-likeness (QED) is 0.784. The Bertz CT molecular complexity index is 726. The van der Waals surface area contributed by atoms with Crippen LogP contribution in [0.5, 0.6) is 0 Å². The summed E-state index contributed by atoms with van der Waals surface area (Å²) in [6.07, 6.45) is 3.12. The molecule has 0 spiro atoms. The molecular weight excluding hydrogens is 375 g/mol. The van der Waals surface area contributed by atoms with Crippen LogP contribution in [-0.4, -0.2) is 48.9 Å². The van der Waals surface area contributed by atoms with Crippen molar-refractivity contribution in [1.82, 2.24) is 15.2 Å². The van der Waals surface area contributed by atoms with Crippen LogP contribution in [0.1, 0.15) is 26.3 Å². The van der Waals surface area contributed by atoms with Crippen LogP contribution in [0.3, 0.4) is 0 Å². The maximum atomic E-state index is 12.7. The van der Waals surface area contributed by atoms with E-state index in [1.165, 1.54) is 0 Å². The van der Waals surface area contributed by atoms with E-state index >= 15 is 0 Å². The number of carbonyl (C=O) groups excluding carboxylic acids is 2. The Morgan fingerprint density at radius 2 is 1.77 bits per heavy atom. The zero-order valence-corrected chi connectivity index (χ0v) is 16.6. The van der Waals surface area contributed by atoms with Crippen LogP contribution in [0.2, 0.25) is 0 Å². The van der Waals surface area contributed by atoms with E-state index < -0.39 is 0 Å². The highest BCUT2D eigenvalue weighted by molar-refractivity contribution is 6.09. The van der Waals surface area contributed by atoms with Gasteiger partial charge < -0.3 is 15.5 Å². The molecule has 0 saturated heterocycles. The molecule has 0 unspecified atom stereocenters. The van der Waals surface area contributed by atoms with Crippen LogP contribution in [-0.2, 0) is 0 Å². The number of hydrogen-bond acceptors (Lipinski definition) is 4. The Morgan fingerprint density at radius 1 is 1.12 bits per heavy atom. The lowest BCUT2D eigenvalue weighted by atomic mass is 10.1. The van der Waals surface area contributed by atoms with Gasteiger partial charge in [0, 0.05) is 38.1 Å². The van der Waals surface area contributed by atoms with Gasteiger partial charge in [-0.05, 0) is 37.7 Å². The van der Waals surface area contributed by atoms with Gasteiger partial charge in [-0.15, -0.1) is 24.8 Å². The molecule has 0 bridgehead atoms. The van der Waals surface area contributed by atoms with E-state index in [0.717, 1.165) is 5.56 Å². The molecule has 2 N–H and O–H groups in total. The molecule has 6 nitrogen and oxygen atoms in total. The fourth-order valence-electron chi connectivity index (χ4n) is 2.29. The molecule has 142 valence electrons. The van der Waals surface area contributed by atoms with Gasteiger partial charge in [-0.3, -0.25) is 14.6 Å². The number of aromatic nitrogens is 1. The lowest BCUT2D eigenvalue weighted by Crippen LogP contribution is -2.33. The van der Waals surface area contributed by atoms with Crippen LogP contribution < -0.4 is 10.6 Å². The molecule has 2 amide bonds. The minimum Gasteiger partial charge on any atom is -0.340 e. The number of hydrogen-bond donors (Lipinski definition) is 2. The second-order valence-electron chi connectivity index (χ2n) is 5.52. The maximum absolute atomic E-state index is 12.7. The smallest absolute Gasteiger partial charge is 0.255 e. The summed E-state index contributed by atoms with van der Waals surface area (Å²) in [6.45, 7) is 3.15. The van der Waals surface area contributed by atoms with Crippen LogP contribution in [0.25, 0.3) is 0 Å². The summed E-state index contributed by atoms with van der Waals surface area (Å²) in [5.74, 6) is -0.391. The van der Waals surface area contributed by atoms with Gasteiger partial charge in [-0.1, -0.05) is 12.1 Å². The van der Waals surface area contributed by atoms with Crippen molar-refractivity contribution < 1.29 is 9.59 Å². The molecule has 0 radical (unpaired) electrons. The topological polar surface area (TPSA) is 74.3 Å². The Morgan fingerprint density at radius 3 is 2.38 bits per heavy atom. The molecule has 26 heavy (non-hydrogen) atoms. The van der Waals surface area contributed by atoms with Crippen LogP contribution in [0, 0.1) is 6.92 Å². The number of pyridine rings is 1. The van der Waals surface area contributed by atoms with Crippen LogP contribution in [0.15, 0.2) is 42.7 Å². The fourth-order valence-corrected chi connectivity index (χ4v) is 2.29. The lowest BCUT2D eigenvalue weighted by Gasteiger charge is -2.20. The van der Waals surface area contributed by atoms with Crippen molar-refractivity contribution in [2.75, 3.05) is 32.5 Å². The van der Waals surface area contributed by atoms with Crippen molar-refractivity contribution in [2.24, 2.45) is 0 Å². The van der Waals surface area contributed by atoms with Crippen LogP contribution in [0.4, 0.5) is 5.69 Å². The Hall–Kier alpha value is -2.15. The van der Waals surface area contributed by atoms with E-state index in [0.29, 0.717) is 29.9 Å². The summed E-state index contributed by atoms with van der Waals surface area (Å²) in [4.78, 5) is 30.6. The third-order valence-electron chi connectivity index (χ3n) is 3.73. The number of nitrogens with zero attached hydrogens (tertiary/aromatic N) is 2. The third-order valence-corrected chi connectivity index (χ3v) is 3.73. The molecule has 0 aliphatic rings.